The molecule has 0 aromatic carbocycles. The number of carbonyl (C=O) groups is 6. The Morgan fingerprint density at radius 2 is 0.800 bits per heavy atom. The van der Waals surface area contributed by atoms with Gasteiger partial charge in [-0.25, -0.2) is 9.59 Å². The lowest BCUT2D eigenvalue weighted by Crippen LogP contribution is -2.33. The molecule has 0 aromatic rings. The average molecular weight is 500 g/mol. The summed E-state index contributed by atoms with van der Waals surface area (Å²) in [5.41, 5.74) is 0. The van der Waals surface area contributed by atoms with E-state index >= 15 is 0 Å². The smallest absolute Gasteiger partial charge is 0.432 e. The fourth-order valence-corrected chi connectivity index (χ4v) is 2.52. The Morgan fingerprint density at radius 1 is 0.514 bits per heavy atom. The maximum Gasteiger partial charge on any atom is 0.508 e. The molecule has 2 aliphatic rings. The Morgan fingerprint density at radius 3 is 1.14 bits per heavy atom. The van der Waals surface area contributed by atoms with Crippen LogP contribution in [0.5, 0.6) is 0 Å². The van der Waals surface area contributed by atoms with Crippen molar-refractivity contribution in [3.63, 3.8) is 0 Å². The first kappa shape index (κ1) is 29.3. The van der Waals surface area contributed by atoms with Crippen LogP contribution in [0.4, 0.5) is 9.59 Å². The van der Waals surface area contributed by atoms with Crippen LogP contribution in [0.15, 0.2) is 24.3 Å². The number of nitrogens with zero attached hydrogens (tertiary/aromatic N) is 2. The third kappa shape index (κ3) is 10.8. The van der Waals surface area contributed by atoms with Gasteiger partial charge in [-0.2, -0.15) is 0 Å². The van der Waals surface area contributed by atoms with Crippen LogP contribution in [-0.4, -0.2) is 112 Å². The van der Waals surface area contributed by atoms with E-state index in [1.807, 2.05) is 0 Å². The van der Waals surface area contributed by atoms with Gasteiger partial charge in [0.15, 0.2) is 0 Å². The molecule has 0 saturated carbocycles. The van der Waals surface area contributed by atoms with E-state index < -0.39 is 35.9 Å². The Kier molecular flexibility index (Phi) is 13.3. The SMILES string of the molecule is C.O=C(OCCOCCOCCOC(=O)OCCN1C(=O)C=CC1=O)OCCN1C(=O)C=CC1=O. The molecule has 0 atom stereocenters. The molecule has 0 bridgehead atoms. The maximum absolute atomic E-state index is 11.4. The highest BCUT2D eigenvalue weighted by Crippen LogP contribution is 2.03. The molecule has 0 saturated heterocycles. The first-order valence-electron chi connectivity index (χ1n) is 10.2. The van der Waals surface area contributed by atoms with Gasteiger partial charge in [0.05, 0.1) is 39.5 Å². The van der Waals surface area contributed by atoms with Gasteiger partial charge in [-0.05, 0) is 0 Å². The van der Waals surface area contributed by atoms with Gasteiger partial charge in [0.1, 0.15) is 26.4 Å². The molecule has 0 radical (unpaired) electrons. The Labute approximate surface area is 201 Å². The Hall–Kier alpha value is -3.78. The summed E-state index contributed by atoms with van der Waals surface area (Å²) in [6, 6.07) is 0. The van der Waals surface area contributed by atoms with E-state index in [2.05, 4.69) is 0 Å². The first-order valence-corrected chi connectivity index (χ1v) is 10.2. The van der Waals surface area contributed by atoms with E-state index in [4.69, 9.17) is 28.4 Å². The fourth-order valence-electron chi connectivity index (χ4n) is 2.52. The lowest BCUT2D eigenvalue weighted by molar-refractivity contribution is -0.139. The first-order chi connectivity index (χ1) is 16.4. The van der Waals surface area contributed by atoms with Crippen molar-refractivity contribution in [1.82, 2.24) is 9.80 Å². The molecule has 0 N–H and O–H groups in total. The fraction of sp³-hybridized carbons (Fsp3) is 0.524. The minimum Gasteiger partial charge on any atom is -0.432 e. The molecular formula is C21H28N2O12. The molecule has 0 aliphatic carbocycles. The highest BCUT2D eigenvalue weighted by Gasteiger charge is 2.24. The van der Waals surface area contributed by atoms with Crippen LogP contribution < -0.4 is 0 Å². The third-order valence-electron chi connectivity index (χ3n) is 4.14. The van der Waals surface area contributed by atoms with E-state index in [0.29, 0.717) is 0 Å². The van der Waals surface area contributed by atoms with Gasteiger partial charge in [-0.1, -0.05) is 7.43 Å². The molecule has 0 unspecified atom stereocenters. The summed E-state index contributed by atoms with van der Waals surface area (Å²) in [6.45, 7) is -0.0568. The van der Waals surface area contributed by atoms with Crippen LogP contribution >= 0.6 is 0 Å². The molecule has 14 heteroatoms. The molecule has 35 heavy (non-hydrogen) atoms. The van der Waals surface area contributed by atoms with Crippen LogP contribution in [0.25, 0.3) is 0 Å². The molecule has 2 aliphatic heterocycles. The average Bonchev–Trinajstić information content (AvgIpc) is 3.30. The number of hydrogen-bond acceptors (Lipinski definition) is 12. The topological polar surface area (TPSA) is 164 Å². The van der Waals surface area contributed by atoms with E-state index in [1.54, 1.807) is 0 Å². The molecule has 0 fully saturated rings. The molecule has 0 aromatic heterocycles. The zero-order valence-corrected chi connectivity index (χ0v) is 18.2. The molecule has 2 rings (SSSR count). The zero-order chi connectivity index (χ0) is 24.8. The van der Waals surface area contributed by atoms with Gasteiger partial charge < -0.3 is 28.4 Å². The normalized spacial score (nSPS) is 14.4. The van der Waals surface area contributed by atoms with E-state index in [9.17, 15) is 28.8 Å². The van der Waals surface area contributed by atoms with Gasteiger partial charge in [0.25, 0.3) is 23.6 Å². The van der Waals surface area contributed by atoms with Gasteiger partial charge >= 0.3 is 12.3 Å². The van der Waals surface area contributed by atoms with Gasteiger partial charge in [0.2, 0.25) is 0 Å². The summed E-state index contributed by atoms with van der Waals surface area (Å²) in [6.07, 6.45) is 2.63. The van der Waals surface area contributed by atoms with Crippen LogP contribution in [0.3, 0.4) is 0 Å². The minimum atomic E-state index is -0.953. The second kappa shape index (κ2) is 16.0. The van der Waals surface area contributed by atoms with Crippen molar-refractivity contribution in [2.45, 2.75) is 7.43 Å². The zero-order valence-electron chi connectivity index (χ0n) is 18.2. The second-order valence-corrected chi connectivity index (χ2v) is 6.44. The summed E-state index contributed by atoms with van der Waals surface area (Å²) in [4.78, 5) is 69.9. The maximum atomic E-state index is 11.4. The van der Waals surface area contributed by atoms with Crippen molar-refractivity contribution >= 4 is 35.9 Å². The summed E-state index contributed by atoms with van der Waals surface area (Å²) < 4.78 is 29.4. The van der Waals surface area contributed by atoms with Crippen molar-refractivity contribution in [3.8, 4) is 0 Å². The summed E-state index contributed by atoms with van der Waals surface area (Å²) in [7, 11) is 0. The highest BCUT2D eigenvalue weighted by molar-refractivity contribution is 6.13. The molecule has 14 nitrogen and oxygen atoms in total. The monoisotopic (exact) mass is 500 g/mol. The van der Waals surface area contributed by atoms with E-state index in [0.717, 1.165) is 34.1 Å². The lowest BCUT2D eigenvalue weighted by atomic mass is 10.5. The number of hydrogen-bond donors (Lipinski definition) is 0. The molecule has 0 spiro atoms. The molecule has 4 amide bonds. The van der Waals surface area contributed by atoms with E-state index in [-0.39, 0.29) is 73.4 Å². The summed E-state index contributed by atoms with van der Waals surface area (Å²) >= 11 is 0. The van der Waals surface area contributed by atoms with E-state index in [1.165, 1.54) is 0 Å². The van der Waals surface area contributed by atoms with Crippen LogP contribution in [-0.2, 0) is 47.6 Å². The Bertz CT molecular complexity index is 734. The van der Waals surface area contributed by atoms with Crippen molar-refractivity contribution in [2.24, 2.45) is 0 Å². The number of amides is 4. The van der Waals surface area contributed by atoms with Crippen molar-refractivity contribution in [1.29, 1.82) is 0 Å². The second-order valence-electron chi connectivity index (χ2n) is 6.44. The van der Waals surface area contributed by atoms with Crippen molar-refractivity contribution < 1.29 is 57.2 Å². The van der Waals surface area contributed by atoms with Gasteiger partial charge in [0, 0.05) is 24.3 Å². The molecule has 194 valence electrons. The predicted molar refractivity (Wildman–Crippen MR) is 115 cm³/mol. The largest absolute Gasteiger partial charge is 0.508 e. The Balaban J connectivity index is 0.00000612. The number of ether oxygens (including phenoxy) is 6. The van der Waals surface area contributed by atoms with Crippen LogP contribution in [0.1, 0.15) is 7.43 Å². The standard InChI is InChI=1S/C20H24N2O12.CH4/c23-15-1-2-16(24)21(15)5-7-31-19(27)33-13-11-29-9-10-30-12-14-34-20(28)32-8-6-22-17(25)3-4-18(22)26;/h1-4H,5-14H2;1H4. The van der Waals surface area contributed by atoms with Gasteiger partial charge in [-0.15, -0.1) is 0 Å². The van der Waals surface area contributed by atoms with Gasteiger partial charge in [-0.3, -0.25) is 29.0 Å². The lowest BCUT2D eigenvalue weighted by Gasteiger charge is -2.13. The third-order valence-corrected chi connectivity index (χ3v) is 4.14. The van der Waals surface area contributed by atoms with Crippen molar-refractivity contribution in [2.75, 3.05) is 65.9 Å². The van der Waals surface area contributed by atoms with Crippen LogP contribution in [0.2, 0.25) is 0 Å². The summed E-state index contributed by atoms with van der Waals surface area (Å²) in [5.74, 6) is -1.86. The molecule has 2 heterocycles. The summed E-state index contributed by atoms with van der Waals surface area (Å²) in [5, 5.41) is 0. The molecular weight excluding hydrogens is 472 g/mol. The highest BCUT2D eigenvalue weighted by atomic mass is 16.7. The number of imide groups is 2. The number of rotatable bonds is 15. The predicted octanol–water partition coefficient (Wildman–Crippen LogP) is -0.188. The minimum absolute atomic E-state index is 0. The quantitative estimate of drug-likeness (QED) is 0.166. The number of carbonyl (C=O) groups excluding carboxylic acids is 6. The van der Waals surface area contributed by atoms with Crippen LogP contribution in [0, 0.1) is 0 Å². The van der Waals surface area contributed by atoms with Crippen molar-refractivity contribution in [3.05, 3.63) is 24.3 Å².